The number of carbonyl (C=O) groups excluding carboxylic acids is 1. The molecule has 1 amide bonds. The van der Waals surface area contributed by atoms with E-state index in [1.165, 1.54) is 0 Å². The van der Waals surface area contributed by atoms with Crippen LogP contribution in [0.15, 0.2) is 18.2 Å². The fourth-order valence-corrected chi connectivity index (χ4v) is 1.44. The van der Waals surface area contributed by atoms with Crippen molar-refractivity contribution in [3.05, 3.63) is 29.3 Å². The second kappa shape index (κ2) is 8.91. The normalized spacial score (nSPS) is 9.72. The summed E-state index contributed by atoms with van der Waals surface area (Å²) >= 11 is 0. The Morgan fingerprint density at radius 2 is 2.06 bits per heavy atom. The van der Waals surface area contributed by atoms with Crippen molar-refractivity contribution in [1.29, 1.82) is 0 Å². The van der Waals surface area contributed by atoms with Crippen LogP contribution in [0.2, 0.25) is 0 Å². The average Bonchev–Trinajstić information content (AvgIpc) is 2.29. The maximum atomic E-state index is 11.6. The Morgan fingerprint density at radius 1 is 1.33 bits per heavy atom. The first kappa shape index (κ1) is 16.9. The van der Waals surface area contributed by atoms with Gasteiger partial charge < -0.3 is 15.4 Å². The molecule has 4 nitrogen and oxygen atoms in total. The van der Waals surface area contributed by atoms with Gasteiger partial charge >= 0.3 is 0 Å². The maximum absolute atomic E-state index is 11.6. The van der Waals surface area contributed by atoms with Gasteiger partial charge in [-0.3, -0.25) is 4.79 Å². The number of aryl methyl sites for hydroxylation is 2. The van der Waals surface area contributed by atoms with Gasteiger partial charge in [0.1, 0.15) is 0 Å². The summed E-state index contributed by atoms with van der Waals surface area (Å²) < 4.78 is 4.88. The van der Waals surface area contributed by atoms with Crippen molar-refractivity contribution in [2.45, 2.75) is 13.8 Å². The quantitative estimate of drug-likeness (QED) is 0.778. The number of carbonyl (C=O) groups is 1. The molecule has 0 aliphatic rings. The number of rotatable bonds is 6. The molecule has 0 spiro atoms. The van der Waals surface area contributed by atoms with Gasteiger partial charge in [-0.1, -0.05) is 12.1 Å². The highest BCUT2D eigenvalue weighted by Gasteiger charge is 2.04. The van der Waals surface area contributed by atoms with Crippen LogP contribution in [-0.2, 0) is 9.53 Å². The molecular weight excluding hydrogens is 252 g/mol. The standard InChI is InChI=1S/C13H20N2O2.ClH/c1-10-4-5-11(2)12(8-10)15-13(16)9-14-6-7-17-3;/h4-5,8,14H,6-7,9H2,1-3H3,(H,15,16);1H. The third kappa shape index (κ3) is 6.00. The molecule has 0 heterocycles. The molecule has 0 aromatic heterocycles. The molecule has 18 heavy (non-hydrogen) atoms. The molecule has 0 saturated carbocycles. The Bertz CT molecular complexity index is 383. The van der Waals surface area contributed by atoms with E-state index < -0.39 is 0 Å². The number of nitrogens with one attached hydrogen (secondary N) is 2. The highest BCUT2D eigenvalue weighted by molar-refractivity contribution is 5.93. The van der Waals surface area contributed by atoms with Gasteiger partial charge in [-0.05, 0) is 31.0 Å². The number of hydrogen-bond acceptors (Lipinski definition) is 3. The Hall–Kier alpha value is -1.10. The molecule has 1 rings (SSSR count). The van der Waals surface area contributed by atoms with E-state index in [1.54, 1.807) is 7.11 Å². The van der Waals surface area contributed by atoms with E-state index >= 15 is 0 Å². The van der Waals surface area contributed by atoms with Crippen molar-refractivity contribution >= 4 is 24.0 Å². The largest absolute Gasteiger partial charge is 0.383 e. The summed E-state index contributed by atoms with van der Waals surface area (Å²) in [5, 5.41) is 5.89. The predicted molar refractivity (Wildman–Crippen MR) is 76.5 cm³/mol. The predicted octanol–water partition coefficient (Wildman–Crippen LogP) is 1.90. The lowest BCUT2D eigenvalue weighted by molar-refractivity contribution is -0.115. The van der Waals surface area contributed by atoms with Crippen LogP contribution in [0.4, 0.5) is 5.69 Å². The molecule has 1 aromatic rings. The van der Waals surface area contributed by atoms with Crippen molar-refractivity contribution in [2.75, 3.05) is 32.1 Å². The van der Waals surface area contributed by atoms with Crippen LogP contribution < -0.4 is 10.6 Å². The van der Waals surface area contributed by atoms with Gasteiger partial charge in [0.15, 0.2) is 0 Å². The second-order valence-corrected chi connectivity index (χ2v) is 4.04. The van der Waals surface area contributed by atoms with Gasteiger partial charge in [0.25, 0.3) is 0 Å². The summed E-state index contributed by atoms with van der Waals surface area (Å²) in [5.74, 6) is -0.0326. The van der Waals surface area contributed by atoms with Gasteiger partial charge in [0.05, 0.1) is 13.2 Å². The zero-order chi connectivity index (χ0) is 12.7. The first-order valence-corrected chi connectivity index (χ1v) is 5.70. The third-order valence-electron chi connectivity index (χ3n) is 2.44. The smallest absolute Gasteiger partial charge is 0.238 e. The monoisotopic (exact) mass is 272 g/mol. The third-order valence-corrected chi connectivity index (χ3v) is 2.44. The van der Waals surface area contributed by atoms with Crippen LogP contribution in [0, 0.1) is 13.8 Å². The minimum Gasteiger partial charge on any atom is -0.383 e. The summed E-state index contributed by atoms with van der Waals surface area (Å²) in [7, 11) is 1.64. The van der Waals surface area contributed by atoms with Gasteiger partial charge in [0.2, 0.25) is 5.91 Å². The van der Waals surface area contributed by atoms with Crippen LogP contribution in [0.5, 0.6) is 0 Å². The highest BCUT2D eigenvalue weighted by Crippen LogP contribution is 2.15. The molecule has 0 fully saturated rings. The summed E-state index contributed by atoms with van der Waals surface area (Å²) in [6, 6.07) is 6.01. The van der Waals surface area contributed by atoms with Crippen molar-refractivity contribution in [1.82, 2.24) is 5.32 Å². The van der Waals surface area contributed by atoms with Crippen LogP contribution >= 0.6 is 12.4 Å². The number of anilines is 1. The van der Waals surface area contributed by atoms with Crippen LogP contribution in [0.1, 0.15) is 11.1 Å². The molecule has 0 aliphatic heterocycles. The highest BCUT2D eigenvalue weighted by atomic mass is 35.5. The lowest BCUT2D eigenvalue weighted by Crippen LogP contribution is -2.30. The van der Waals surface area contributed by atoms with Gasteiger partial charge in [0, 0.05) is 19.3 Å². The summed E-state index contributed by atoms with van der Waals surface area (Å²) in [6.07, 6.45) is 0. The van der Waals surface area contributed by atoms with Gasteiger partial charge in [-0.2, -0.15) is 0 Å². The van der Waals surface area contributed by atoms with Gasteiger partial charge in [-0.15, -0.1) is 12.4 Å². The van der Waals surface area contributed by atoms with Crippen LogP contribution in [0.25, 0.3) is 0 Å². The van der Waals surface area contributed by atoms with Crippen molar-refractivity contribution in [3.63, 3.8) is 0 Å². The van der Waals surface area contributed by atoms with Crippen LogP contribution in [0.3, 0.4) is 0 Å². The molecular formula is C13H21ClN2O2. The molecule has 0 bridgehead atoms. The molecule has 102 valence electrons. The summed E-state index contributed by atoms with van der Waals surface area (Å²) in [4.78, 5) is 11.6. The van der Waals surface area contributed by atoms with Gasteiger partial charge in [-0.25, -0.2) is 0 Å². The van der Waals surface area contributed by atoms with E-state index in [0.717, 1.165) is 16.8 Å². The minimum absolute atomic E-state index is 0. The van der Waals surface area contributed by atoms with E-state index in [1.807, 2.05) is 32.0 Å². The number of hydrogen-bond donors (Lipinski definition) is 2. The van der Waals surface area contributed by atoms with E-state index in [2.05, 4.69) is 10.6 Å². The summed E-state index contributed by atoms with van der Waals surface area (Å²) in [6.45, 7) is 5.57. The first-order valence-electron chi connectivity index (χ1n) is 5.70. The number of ether oxygens (including phenoxy) is 1. The minimum atomic E-state index is -0.0326. The van der Waals surface area contributed by atoms with Crippen molar-refractivity contribution in [2.24, 2.45) is 0 Å². The van der Waals surface area contributed by atoms with E-state index in [4.69, 9.17) is 4.74 Å². The zero-order valence-corrected chi connectivity index (χ0v) is 11.9. The lowest BCUT2D eigenvalue weighted by atomic mass is 10.1. The SMILES string of the molecule is COCCNCC(=O)Nc1cc(C)ccc1C.Cl. The van der Waals surface area contributed by atoms with Crippen molar-refractivity contribution < 1.29 is 9.53 Å². The van der Waals surface area contributed by atoms with E-state index in [9.17, 15) is 4.79 Å². The first-order chi connectivity index (χ1) is 8.13. The van der Waals surface area contributed by atoms with Crippen LogP contribution in [-0.4, -0.2) is 32.7 Å². The Morgan fingerprint density at radius 3 is 2.72 bits per heavy atom. The number of halogens is 1. The number of methoxy groups -OCH3 is 1. The molecule has 0 saturated heterocycles. The molecule has 5 heteroatoms. The molecule has 0 radical (unpaired) electrons. The second-order valence-electron chi connectivity index (χ2n) is 4.04. The molecule has 0 aliphatic carbocycles. The summed E-state index contributed by atoms with van der Waals surface area (Å²) in [5.41, 5.74) is 3.09. The average molecular weight is 273 g/mol. The fraction of sp³-hybridized carbons (Fsp3) is 0.462. The lowest BCUT2D eigenvalue weighted by Gasteiger charge is -2.09. The molecule has 1 aromatic carbocycles. The fourth-order valence-electron chi connectivity index (χ4n) is 1.44. The topological polar surface area (TPSA) is 50.4 Å². The number of amides is 1. The Balaban J connectivity index is 0.00000289. The molecule has 2 N–H and O–H groups in total. The van der Waals surface area contributed by atoms with E-state index in [0.29, 0.717) is 19.7 Å². The Kier molecular flexibility index (Phi) is 8.37. The Labute approximate surface area is 115 Å². The van der Waals surface area contributed by atoms with E-state index in [-0.39, 0.29) is 18.3 Å². The maximum Gasteiger partial charge on any atom is 0.238 e. The zero-order valence-electron chi connectivity index (χ0n) is 11.1. The number of benzene rings is 1. The van der Waals surface area contributed by atoms with Crippen molar-refractivity contribution in [3.8, 4) is 0 Å². The molecule has 0 unspecified atom stereocenters. The molecule has 0 atom stereocenters.